The van der Waals surface area contributed by atoms with Crippen LogP contribution in [-0.2, 0) is 6.54 Å². The third-order valence-electron chi connectivity index (χ3n) is 4.07. The van der Waals surface area contributed by atoms with Gasteiger partial charge >= 0.3 is 5.69 Å². The number of methoxy groups -OCH3 is 1. The minimum absolute atomic E-state index is 0.250. The van der Waals surface area contributed by atoms with Crippen LogP contribution in [0.1, 0.15) is 19.8 Å². The van der Waals surface area contributed by atoms with Gasteiger partial charge in [-0.15, -0.1) is 0 Å². The molecule has 0 fully saturated rings. The highest BCUT2D eigenvalue weighted by molar-refractivity contribution is 5.77. The second kappa shape index (κ2) is 6.80. The smallest absolute Gasteiger partial charge is 0.337 e. The van der Waals surface area contributed by atoms with Crippen molar-refractivity contribution in [2.24, 2.45) is 0 Å². The summed E-state index contributed by atoms with van der Waals surface area (Å²) in [5.41, 5.74) is 5.87. The molecule has 0 aliphatic carbocycles. The van der Waals surface area contributed by atoms with Gasteiger partial charge in [0.05, 0.1) is 18.2 Å². The zero-order chi connectivity index (χ0) is 18.0. The van der Waals surface area contributed by atoms with Gasteiger partial charge in [-0.1, -0.05) is 13.3 Å². The fourth-order valence-corrected chi connectivity index (χ4v) is 2.72. The van der Waals surface area contributed by atoms with Crippen LogP contribution in [0.2, 0.25) is 0 Å². The number of unbranched alkanes of at least 4 members (excludes halogenated alkanes) is 1. The zero-order valence-corrected chi connectivity index (χ0v) is 14.2. The summed E-state index contributed by atoms with van der Waals surface area (Å²) in [6.07, 6.45) is 1.62. The fourth-order valence-electron chi connectivity index (χ4n) is 2.72. The molecular weight excluding hydrogens is 320 g/mol. The Morgan fingerprint density at radius 3 is 2.48 bits per heavy atom. The molecular formula is C18H20N4O3. The van der Waals surface area contributed by atoms with Gasteiger partial charge in [-0.2, -0.15) is 0 Å². The van der Waals surface area contributed by atoms with Crippen LogP contribution in [0, 0.1) is 0 Å². The lowest BCUT2D eigenvalue weighted by Crippen LogP contribution is -2.39. The molecule has 130 valence electrons. The second-order valence-electron chi connectivity index (χ2n) is 5.73. The number of anilines is 1. The standard InChI is InChI=1S/C18H20N4O3/c1-3-4-11-21-17(23)14-9-10-15(19)20-16(14)22(18(21)24)12-5-7-13(25-2)8-6-12/h5-10H,3-4,11H2,1-2H3,(H2,19,20). The maximum Gasteiger partial charge on any atom is 0.337 e. The quantitative estimate of drug-likeness (QED) is 0.766. The summed E-state index contributed by atoms with van der Waals surface area (Å²) < 4.78 is 7.84. The van der Waals surface area contributed by atoms with Gasteiger partial charge < -0.3 is 10.5 Å². The topological polar surface area (TPSA) is 92.1 Å². The van der Waals surface area contributed by atoms with Crippen LogP contribution in [0.25, 0.3) is 16.7 Å². The van der Waals surface area contributed by atoms with E-state index >= 15 is 0 Å². The van der Waals surface area contributed by atoms with E-state index in [4.69, 9.17) is 10.5 Å². The van der Waals surface area contributed by atoms with Gasteiger partial charge in [0.25, 0.3) is 5.56 Å². The van der Waals surface area contributed by atoms with E-state index in [1.165, 1.54) is 9.13 Å². The van der Waals surface area contributed by atoms with Crippen LogP contribution < -0.4 is 21.7 Å². The molecule has 0 spiro atoms. The molecule has 0 radical (unpaired) electrons. The Kier molecular flexibility index (Phi) is 4.56. The van der Waals surface area contributed by atoms with Gasteiger partial charge in [0.1, 0.15) is 11.6 Å². The van der Waals surface area contributed by atoms with Crippen molar-refractivity contribution in [2.75, 3.05) is 12.8 Å². The average Bonchev–Trinajstić information content (AvgIpc) is 2.62. The molecule has 25 heavy (non-hydrogen) atoms. The highest BCUT2D eigenvalue weighted by Gasteiger charge is 2.15. The predicted molar refractivity (Wildman–Crippen MR) is 97.5 cm³/mol. The minimum atomic E-state index is -0.422. The van der Waals surface area contributed by atoms with Crippen molar-refractivity contribution < 1.29 is 4.74 Å². The monoisotopic (exact) mass is 340 g/mol. The number of fused-ring (bicyclic) bond motifs is 1. The number of nitrogen functional groups attached to an aromatic ring is 1. The highest BCUT2D eigenvalue weighted by atomic mass is 16.5. The van der Waals surface area contributed by atoms with Crippen LogP contribution in [0.5, 0.6) is 5.75 Å². The Bertz CT molecular complexity index is 1020. The number of benzene rings is 1. The number of hydrogen-bond acceptors (Lipinski definition) is 5. The van der Waals surface area contributed by atoms with Gasteiger partial charge in [0.15, 0.2) is 5.65 Å². The van der Waals surface area contributed by atoms with Gasteiger partial charge in [-0.25, -0.2) is 14.3 Å². The van der Waals surface area contributed by atoms with Gasteiger partial charge in [0.2, 0.25) is 0 Å². The molecule has 0 bridgehead atoms. The lowest BCUT2D eigenvalue weighted by atomic mass is 10.2. The first-order valence-corrected chi connectivity index (χ1v) is 8.13. The van der Waals surface area contributed by atoms with Crippen molar-refractivity contribution in [1.29, 1.82) is 0 Å². The number of nitrogens with two attached hydrogens (primary N) is 1. The van der Waals surface area contributed by atoms with E-state index in [-0.39, 0.29) is 17.0 Å². The summed E-state index contributed by atoms with van der Waals surface area (Å²) in [7, 11) is 1.57. The summed E-state index contributed by atoms with van der Waals surface area (Å²) >= 11 is 0. The van der Waals surface area contributed by atoms with E-state index in [0.717, 1.165) is 12.8 Å². The molecule has 2 N–H and O–H groups in total. The summed E-state index contributed by atoms with van der Waals surface area (Å²) in [6, 6.07) is 10.2. The fraction of sp³-hybridized carbons (Fsp3) is 0.278. The maximum absolute atomic E-state index is 13.0. The van der Waals surface area contributed by atoms with E-state index in [2.05, 4.69) is 4.98 Å². The summed E-state index contributed by atoms with van der Waals surface area (Å²) in [4.78, 5) is 29.9. The molecule has 0 unspecified atom stereocenters. The molecule has 1 aromatic carbocycles. The predicted octanol–water partition coefficient (Wildman–Crippen LogP) is 1.94. The van der Waals surface area contributed by atoms with E-state index in [1.54, 1.807) is 43.5 Å². The number of rotatable bonds is 5. The van der Waals surface area contributed by atoms with Crippen LogP contribution in [-0.4, -0.2) is 21.2 Å². The molecule has 2 aromatic heterocycles. The molecule has 0 aliphatic heterocycles. The first-order chi connectivity index (χ1) is 12.1. The van der Waals surface area contributed by atoms with Crippen molar-refractivity contribution in [3.8, 4) is 11.4 Å². The largest absolute Gasteiger partial charge is 0.497 e. The summed E-state index contributed by atoms with van der Waals surface area (Å²) in [5, 5.41) is 0.362. The first kappa shape index (κ1) is 16.8. The SMILES string of the molecule is CCCCn1c(=O)c2ccc(N)nc2n(-c2ccc(OC)cc2)c1=O. The molecule has 2 heterocycles. The number of nitrogens with zero attached hydrogens (tertiary/aromatic N) is 3. The van der Waals surface area contributed by atoms with Gasteiger partial charge in [-0.3, -0.25) is 9.36 Å². The van der Waals surface area contributed by atoms with Crippen molar-refractivity contribution in [3.05, 3.63) is 57.2 Å². The molecule has 0 saturated heterocycles. The Labute approximate surface area is 144 Å². The van der Waals surface area contributed by atoms with Crippen LogP contribution >= 0.6 is 0 Å². The first-order valence-electron chi connectivity index (χ1n) is 8.13. The molecule has 3 aromatic rings. The van der Waals surface area contributed by atoms with Crippen molar-refractivity contribution in [3.63, 3.8) is 0 Å². The van der Waals surface area contributed by atoms with Gasteiger partial charge in [-0.05, 0) is 42.8 Å². The molecule has 0 amide bonds. The Morgan fingerprint density at radius 1 is 1.12 bits per heavy atom. The zero-order valence-electron chi connectivity index (χ0n) is 14.2. The molecule has 0 saturated carbocycles. The lowest BCUT2D eigenvalue weighted by Gasteiger charge is -2.14. The summed E-state index contributed by atoms with van der Waals surface area (Å²) in [6.45, 7) is 2.38. The molecule has 7 heteroatoms. The second-order valence-corrected chi connectivity index (χ2v) is 5.73. The van der Waals surface area contributed by atoms with E-state index in [1.807, 2.05) is 6.92 Å². The number of pyridine rings is 1. The normalized spacial score (nSPS) is 11.0. The molecule has 0 atom stereocenters. The van der Waals surface area contributed by atoms with Gasteiger partial charge in [0, 0.05) is 6.54 Å². The minimum Gasteiger partial charge on any atom is -0.497 e. The van der Waals surface area contributed by atoms with E-state index in [0.29, 0.717) is 23.4 Å². The average molecular weight is 340 g/mol. The molecule has 3 rings (SSSR count). The Balaban J connectivity index is 2.36. The summed E-state index contributed by atoms with van der Waals surface area (Å²) in [5.74, 6) is 0.924. The van der Waals surface area contributed by atoms with Crippen LogP contribution in [0.15, 0.2) is 46.0 Å². The van der Waals surface area contributed by atoms with E-state index < -0.39 is 5.69 Å². The third-order valence-corrected chi connectivity index (χ3v) is 4.07. The van der Waals surface area contributed by atoms with Crippen molar-refractivity contribution >= 4 is 16.9 Å². The van der Waals surface area contributed by atoms with Crippen molar-refractivity contribution in [2.45, 2.75) is 26.3 Å². The lowest BCUT2D eigenvalue weighted by molar-refractivity contribution is 0.414. The maximum atomic E-state index is 13.0. The van der Waals surface area contributed by atoms with Crippen LogP contribution in [0.4, 0.5) is 5.82 Å². The number of ether oxygens (including phenoxy) is 1. The van der Waals surface area contributed by atoms with Crippen molar-refractivity contribution in [1.82, 2.24) is 14.1 Å². The molecule has 0 aliphatic rings. The van der Waals surface area contributed by atoms with E-state index in [9.17, 15) is 9.59 Å². The molecule has 7 nitrogen and oxygen atoms in total. The third kappa shape index (κ3) is 3.00. The number of hydrogen-bond donors (Lipinski definition) is 1. The Morgan fingerprint density at radius 2 is 1.84 bits per heavy atom. The number of aromatic nitrogens is 3. The highest BCUT2D eigenvalue weighted by Crippen LogP contribution is 2.17. The Hall–Kier alpha value is -3.09. The van der Waals surface area contributed by atoms with Crippen LogP contribution in [0.3, 0.4) is 0 Å².